The lowest BCUT2D eigenvalue weighted by Crippen LogP contribution is -2.48. The lowest BCUT2D eigenvalue weighted by molar-refractivity contribution is -0.146. The summed E-state index contributed by atoms with van der Waals surface area (Å²) in [5.74, 6) is 0.768. The van der Waals surface area contributed by atoms with Crippen molar-refractivity contribution in [3.05, 3.63) is 35.9 Å². The van der Waals surface area contributed by atoms with Crippen molar-refractivity contribution in [1.29, 1.82) is 0 Å². The van der Waals surface area contributed by atoms with Crippen molar-refractivity contribution in [3.63, 3.8) is 0 Å². The fourth-order valence-corrected chi connectivity index (χ4v) is 3.24. The van der Waals surface area contributed by atoms with Crippen LogP contribution in [0.2, 0.25) is 0 Å². The molecular formula is C19H30N2O. The lowest BCUT2D eigenvalue weighted by atomic mass is 9.64. The number of rotatable bonds is 7. The van der Waals surface area contributed by atoms with Crippen LogP contribution in [-0.4, -0.2) is 30.4 Å². The fourth-order valence-electron chi connectivity index (χ4n) is 3.24. The Morgan fingerprint density at radius 3 is 2.41 bits per heavy atom. The van der Waals surface area contributed by atoms with Crippen molar-refractivity contribution in [2.75, 3.05) is 13.6 Å². The predicted octanol–water partition coefficient (Wildman–Crippen LogP) is 3.23. The van der Waals surface area contributed by atoms with Crippen molar-refractivity contribution in [1.82, 2.24) is 4.90 Å². The van der Waals surface area contributed by atoms with Gasteiger partial charge in [-0.05, 0) is 37.2 Å². The maximum Gasteiger partial charge on any atom is 0.228 e. The quantitative estimate of drug-likeness (QED) is 0.840. The molecule has 1 aliphatic carbocycles. The first-order valence-electron chi connectivity index (χ1n) is 8.50. The van der Waals surface area contributed by atoms with Crippen LogP contribution in [0.5, 0.6) is 0 Å². The minimum absolute atomic E-state index is 0.168. The molecule has 2 rings (SSSR count). The van der Waals surface area contributed by atoms with Gasteiger partial charge in [0.05, 0.1) is 5.41 Å². The average molecular weight is 302 g/mol. The Kier molecular flexibility index (Phi) is 5.63. The highest BCUT2D eigenvalue weighted by Crippen LogP contribution is 2.45. The van der Waals surface area contributed by atoms with Crippen LogP contribution in [0.15, 0.2) is 30.3 Å². The third-order valence-electron chi connectivity index (χ3n) is 5.15. The van der Waals surface area contributed by atoms with Gasteiger partial charge in [-0.2, -0.15) is 0 Å². The van der Waals surface area contributed by atoms with E-state index in [1.54, 1.807) is 0 Å². The number of nitrogens with two attached hydrogens (primary N) is 1. The number of nitrogens with zero attached hydrogens (tertiary/aromatic N) is 1. The van der Waals surface area contributed by atoms with Crippen molar-refractivity contribution in [3.8, 4) is 0 Å². The predicted molar refractivity (Wildman–Crippen MR) is 91.5 cm³/mol. The maximum atomic E-state index is 12.9. The zero-order valence-electron chi connectivity index (χ0n) is 14.2. The van der Waals surface area contributed by atoms with Crippen molar-refractivity contribution < 1.29 is 4.79 Å². The minimum atomic E-state index is -0.169. The van der Waals surface area contributed by atoms with E-state index in [9.17, 15) is 4.79 Å². The number of hydrogen-bond donors (Lipinski definition) is 1. The van der Waals surface area contributed by atoms with Gasteiger partial charge in [-0.15, -0.1) is 0 Å². The molecule has 122 valence electrons. The molecule has 0 radical (unpaired) electrons. The van der Waals surface area contributed by atoms with Crippen LogP contribution >= 0.6 is 0 Å². The van der Waals surface area contributed by atoms with Crippen LogP contribution in [-0.2, 0) is 11.2 Å². The van der Waals surface area contributed by atoms with Crippen molar-refractivity contribution >= 4 is 5.91 Å². The molecule has 0 saturated heterocycles. The first kappa shape index (κ1) is 17.0. The molecule has 0 heterocycles. The highest BCUT2D eigenvalue weighted by Gasteiger charge is 2.45. The molecule has 0 aliphatic heterocycles. The normalized spacial score (nSPS) is 17.9. The van der Waals surface area contributed by atoms with Gasteiger partial charge in [0.2, 0.25) is 5.91 Å². The van der Waals surface area contributed by atoms with Crippen LogP contribution in [0, 0.1) is 11.3 Å². The van der Waals surface area contributed by atoms with E-state index in [1.807, 2.05) is 18.0 Å². The van der Waals surface area contributed by atoms with Gasteiger partial charge < -0.3 is 10.6 Å². The Labute approximate surface area is 134 Å². The molecule has 1 aromatic rings. The molecule has 1 unspecified atom stereocenters. The summed E-state index contributed by atoms with van der Waals surface area (Å²) in [4.78, 5) is 14.8. The molecule has 1 atom stereocenters. The van der Waals surface area contributed by atoms with E-state index in [1.165, 1.54) is 5.56 Å². The summed E-state index contributed by atoms with van der Waals surface area (Å²) in [5.41, 5.74) is 7.20. The zero-order valence-corrected chi connectivity index (χ0v) is 14.2. The van der Waals surface area contributed by atoms with Gasteiger partial charge in [0.15, 0.2) is 0 Å². The minimum Gasteiger partial charge on any atom is -0.345 e. The Morgan fingerprint density at radius 2 is 1.91 bits per heavy atom. The average Bonchev–Trinajstić information content (AvgIpc) is 2.48. The highest BCUT2D eigenvalue weighted by molar-refractivity contribution is 5.83. The Hall–Kier alpha value is -1.35. The molecule has 1 aromatic carbocycles. The molecular weight excluding hydrogens is 272 g/mol. The Balaban J connectivity index is 1.96. The molecule has 1 saturated carbocycles. The number of carbonyl (C=O) groups excluding carboxylic acids is 1. The first-order chi connectivity index (χ1) is 10.4. The summed E-state index contributed by atoms with van der Waals surface area (Å²) in [6, 6.07) is 10.6. The second-order valence-electron chi connectivity index (χ2n) is 7.22. The van der Waals surface area contributed by atoms with Crippen molar-refractivity contribution in [2.24, 2.45) is 17.1 Å². The van der Waals surface area contributed by atoms with Gasteiger partial charge >= 0.3 is 0 Å². The molecule has 0 spiro atoms. The highest BCUT2D eigenvalue weighted by atomic mass is 16.2. The van der Waals surface area contributed by atoms with Crippen LogP contribution in [0.1, 0.15) is 45.1 Å². The summed E-state index contributed by atoms with van der Waals surface area (Å²) < 4.78 is 0. The number of carbonyl (C=O) groups is 1. The molecule has 3 nitrogen and oxygen atoms in total. The van der Waals surface area contributed by atoms with E-state index in [0.29, 0.717) is 11.8 Å². The molecule has 0 aromatic heterocycles. The summed E-state index contributed by atoms with van der Waals surface area (Å²) in [5, 5.41) is 0. The topological polar surface area (TPSA) is 46.3 Å². The van der Waals surface area contributed by atoms with Gasteiger partial charge in [0.25, 0.3) is 0 Å². The van der Waals surface area contributed by atoms with E-state index in [4.69, 9.17) is 5.73 Å². The maximum absolute atomic E-state index is 12.9. The van der Waals surface area contributed by atoms with Crippen LogP contribution in [0.25, 0.3) is 0 Å². The summed E-state index contributed by atoms with van der Waals surface area (Å²) in [6.45, 7) is 5.03. The molecule has 22 heavy (non-hydrogen) atoms. The van der Waals surface area contributed by atoms with Crippen LogP contribution in [0.4, 0.5) is 0 Å². The van der Waals surface area contributed by atoms with E-state index in [-0.39, 0.29) is 11.5 Å². The van der Waals surface area contributed by atoms with Crippen LogP contribution < -0.4 is 5.73 Å². The van der Waals surface area contributed by atoms with E-state index < -0.39 is 0 Å². The van der Waals surface area contributed by atoms with Gasteiger partial charge in [-0.25, -0.2) is 0 Å². The van der Waals surface area contributed by atoms with Gasteiger partial charge in [0, 0.05) is 19.6 Å². The van der Waals surface area contributed by atoms with E-state index >= 15 is 0 Å². The fraction of sp³-hybridized carbons (Fsp3) is 0.632. The van der Waals surface area contributed by atoms with E-state index in [0.717, 1.165) is 38.6 Å². The van der Waals surface area contributed by atoms with Gasteiger partial charge in [-0.3, -0.25) is 4.79 Å². The Bertz CT molecular complexity index is 479. The molecule has 3 heteroatoms. The molecule has 2 N–H and O–H groups in total. The summed E-state index contributed by atoms with van der Waals surface area (Å²) in [6.07, 6.45) is 4.94. The van der Waals surface area contributed by atoms with E-state index in [2.05, 4.69) is 38.1 Å². The smallest absolute Gasteiger partial charge is 0.228 e. The summed E-state index contributed by atoms with van der Waals surface area (Å²) in [7, 11) is 1.93. The molecule has 1 aliphatic rings. The van der Waals surface area contributed by atoms with Crippen molar-refractivity contribution in [2.45, 2.75) is 52.0 Å². The molecule has 1 amide bonds. The Morgan fingerprint density at radius 1 is 1.27 bits per heavy atom. The van der Waals surface area contributed by atoms with Gasteiger partial charge in [0.1, 0.15) is 0 Å². The summed E-state index contributed by atoms with van der Waals surface area (Å²) >= 11 is 0. The number of hydrogen-bond acceptors (Lipinski definition) is 2. The lowest BCUT2D eigenvalue weighted by Gasteiger charge is -2.43. The monoisotopic (exact) mass is 302 g/mol. The third kappa shape index (κ3) is 3.89. The van der Waals surface area contributed by atoms with Crippen LogP contribution in [0.3, 0.4) is 0 Å². The zero-order chi connectivity index (χ0) is 16.2. The third-order valence-corrected chi connectivity index (χ3v) is 5.15. The number of amides is 1. The first-order valence-corrected chi connectivity index (χ1v) is 8.50. The van der Waals surface area contributed by atoms with Gasteiger partial charge in [-0.1, -0.05) is 50.6 Å². The largest absolute Gasteiger partial charge is 0.345 e. The number of benzene rings is 1. The standard InChI is InChI=1S/C19H30N2O/c1-15(2)17(20)10-13-21(3)18(22)19(11-7-12-19)14-16-8-5-4-6-9-16/h4-6,8-9,15,17H,7,10-14,20H2,1-3H3. The molecule has 1 fully saturated rings. The second kappa shape index (κ2) is 7.28. The molecule has 0 bridgehead atoms. The second-order valence-corrected chi connectivity index (χ2v) is 7.22. The SMILES string of the molecule is CC(C)C(N)CCN(C)C(=O)C1(Cc2ccccc2)CCC1.